The summed E-state index contributed by atoms with van der Waals surface area (Å²) in [5.41, 5.74) is 6.69. The minimum Gasteiger partial charge on any atom is -0.397 e. The van der Waals surface area contributed by atoms with Gasteiger partial charge in [0.15, 0.2) is 0 Å². The second-order valence-corrected chi connectivity index (χ2v) is 6.12. The Labute approximate surface area is 124 Å². The average Bonchev–Trinajstić information content (AvgIpc) is 2.35. The van der Waals surface area contributed by atoms with E-state index in [1.54, 1.807) is 11.9 Å². The second kappa shape index (κ2) is 5.58. The van der Waals surface area contributed by atoms with Crippen molar-refractivity contribution in [1.29, 1.82) is 0 Å². The number of nitrogens with zero attached hydrogens (tertiary/aromatic N) is 3. The number of pyridine rings is 1. The molecule has 1 fully saturated rings. The number of nitrogen functional groups attached to an aromatic ring is 1. The molecule has 1 aliphatic rings. The Bertz CT molecular complexity index is 514. The minimum atomic E-state index is -0.111. The van der Waals surface area contributed by atoms with Gasteiger partial charge >= 0.3 is 0 Å². The monoisotopic (exact) mass is 296 g/mol. The first-order chi connectivity index (χ1) is 9.35. The number of nitrogens with two attached hydrogens (primary N) is 1. The first-order valence-corrected chi connectivity index (χ1v) is 7.07. The van der Waals surface area contributed by atoms with E-state index >= 15 is 0 Å². The highest BCUT2D eigenvalue weighted by molar-refractivity contribution is 6.29. The summed E-state index contributed by atoms with van der Waals surface area (Å²) in [5.74, 6) is -0.111. The lowest BCUT2D eigenvalue weighted by Gasteiger charge is -2.49. The predicted molar refractivity (Wildman–Crippen MR) is 80.9 cm³/mol. The topological polar surface area (TPSA) is 62.5 Å². The van der Waals surface area contributed by atoms with Crippen molar-refractivity contribution in [2.45, 2.75) is 24.8 Å². The fourth-order valence-electron chi connectivity index (χ4n) is 2.68. The van der Waals surface area contributed by atoms with Crippen LogP contribution in [0.15, 0.2) is 12.3 Å². The van der Waals surface area contributed by atoms with E-state index in [0.29, 0.717) is 17.8 Å². The SMILES string of the molecule is CN(CC1(N(C)C)CCC1)C(=O)c1cc(Cl)ncc1N. The van der Waals surface area contributed by atoms with E-state index in [9.17, 15) is 4.79 Å². The van der Waals surface area contributed by atoms with Crippen LogP contribution >= 0.6 is 11.6 Å². The number of amides is 1. The summed E-state index contributed by atoms with van der Waals surface area (Å²) in [5, 5.41) is 0.280. The van der Waals surface area contributed by atoms with E-state index in [1.165, 1.54) is 18.7 Å². The summed E-state index contributed by atoms with van der Waals surface area (Å²) in [4.78, 5) is 20.3. The van der Waals surface area contributed by atoms with Crippen LogP contribution in [0.5, 0.6) is 0 Å². The molecule has 0 spiro atoms. The Hall–Kier alpha value is -1.33. The predicted octanol–water partition coefficient (Wildman–Crippen LogP) is 1.87. The summed E-state index contributed by atoms with van der Waals surface area (Å²) in [7, 11) is 5.93. The highest BCUT2D eigenvalue weighted by Gasteiger charge is 2.40. The van der Waals surface area contributed by atoms with Gasteiger partial charge in [-0.05, 0) is 39.4 Å². The second-order valence-electron chi connectivity index (χ2n) is 5.73. The number of rotatable bonds is 4. The third-order valence-corrected chi connectivity index (χ3v) is 4.45. The van der Waals surface area contributed by atoms with Crippen LogP contribution in [0, 0.1) is 0 Å². The Kier molecular flexibility index (Phi) is 4.20. The van der Waals surface area contributed by atoms with Gasteiger partial charge < -0.3 is 15.5 Å². The quantitative estimate of drug-likeness (QED) is 0.862. The molecule has 1 saturated carbocycles. The molecular weight excluding hydrogens is 276 g/mol. The molecule has 0 bridgehead atoms. The van der Waals surface area contributed by atoms with Gasteiger partial charge in [-0.3, -0.25) is 4.79 Å². The fourth-order valence-corrected chi connectivity index (χ4v) is 2.83. The van der Waals surface area contributed by atoms with Crippen LogP contribution in [0.4, 0.5) is 5.69 Å². The van der Waals surface area contributed by atoms with Crippen LogP contribution in [-0.2, 0) is 0 Å². The van der Waals surface area contributed by atoms with Crippen molar-refractivity contribution < 1.29 is 4.79 Å². The summed E-state index contributed by atoms with van der Waals surface area (Å²) in [6.07, 6.45) is 4.87. The summed E-state index contributed by atoms with van der Waals surface area (Å²) >= 11 is 5.84. The third-order valence-electron chi connectivity index (χ3n) is 4.24. The molecule has 0 atom stereocenters. The number of hydrogen-bond donors (Lipinski definition) is 1. The van der Waals surface area contributed by atoms with Gasteiger partial charge in [-0.15, -0.1) is 0 Å². The Morgan fingerprint density at radius 1 is 1.45 bits per heavy atom. The zero-order valence-corrected chi connectivity index (χ0v) is 12.9. The molecule has 20 heavy (non-hydrogen) atoms. The maximum atomic E-state index is 12.5. The zero-order chi connectivity index (χ0) is 14.9. The van der Waals surface area contributed by atoms with E-state index < -0.39 is 0 Å². The van der Waals surface area contributed by atoms with E-state index in [1.807, 2.05) is 0 Å². The van der Waals surface area contributed by atoms with E-state index in [0.717, 1.165) is 12.8 Å². The van der Waals surface area contributed by atoms with E-state index in [2.05, 4.69) is 24.0 Å². The maximum Gasteiger partial charge on any atom is 0.255 e. The lowest BCUT2D eigenvalue weighted by Crippen LogP contribution is -2.57. The number of hydrogen-bond acceptors (Lipinski definition) is 4. The van der Waals surface area contributed by atoms with Gasteiger partial charge in [0.05, 0.1) is 17.4 Å². The number of anilines is 1. The molecule has 1 aromatic heterocycles. The Balaban J connectivity index is 2.14. The first kappa shape index (κ1) is 15.1. The van der Waals surface area contributed by atoms with Gasteiger partial charge in [-0.1, -0.05) is 11.6 Å². The highest BCUT2D eigenvalue weighted by Crippen LogP contribution is 2.37. The molecule has 1 amide bonds. The van der Waals surface area contributed by atoms with E-state index in [-0.39, 0.29) is 16.6 Å². The third kappa shape index (κ3) is 2.74. The summed E-state index contributed by atoms with van der Waals surface area (Å²) in [6, 6.07) is 1.53. The molecule has 5 nitrogen and oxygen atoms in total. The van der Waals surface area contributed by atoms with E-state index in [4.69, 9.17) is 17.3 Å². The lowest BCUT2D eigenvalue weighted by molar-refractivity contribution is 0.0253. The van der Waals surface area contributed by atoms with Crippen LogP contribution in [0.2, 0.25) is 5.15 Å². The molecule has 0 aromatic carbocycles. The smallest absolute Gasteiger partial charge is 0.255 e. The molecule has 1 aromatic rings. The Morgan fingerprint density at radius 2 is 2.10 bits per heavy atom. The molecule has 1 heterocycles. The molecule has 110 valence electrons. The van der Waals surface area contributed by atoms with Gasteiger partial charge in [0.2, 0.25) is 0 Å². The largest absolute Gasteiger partial charge is 0.397 e. The van der Waals surface area contributed by atoms with Crippen molar-refractivity contribution in [2.75, 3.05) is 33.4 Å². The number of halogens is 1. The van der Waals surface area contributed by atoms with Crippen LogP contribution in [0.25, 0.3) is 0 Å². The average molecular weight is 297 g/mol. The van der Waals surface area contributed by atoms with Crippen molar-refractivity contribution >= 4 is 23.2 Å². The molecule has 0 unspecified atom stereocenters. The first-order valence-electron chi connectivity index (χ1n) is 6.70. The number of aromatic nitrogens is 1. The fraction of sp³-hybridized carbons (Fsp3) is 0.571. The van der Waals surface area contributed by atoms with Gasteiger partial charge in [0.25, 0.3) is 5.91 Å². The normalized spacial score (nSPS) is 16.9. The number of carbonyl (C=O) groups excluding carboxylic acids is 1. The van der Waals surface area contributed by atoms with Crippen LogP contribution in [-0.4, -0.2) is 53.9 Å². The Morgan fingerprint density at radius 3 is 2.60 bits per heavy atom. The highest BCUT2D eigenvalue weighted by atomic mass is 35.5. The van der Waals surface area contributed by atoms with Gasteiger partial charge in [0, 0.05) is 19.1 Å². The molecule has 2 rings (SSSR count). The van der Waals surface area contributed by atoms with Crippen molar-refractivity contribution in [1.82, 2.24) is 14.8 Å². The van der Waals surface area contributed by atoms with Gasteiger partial charge in [-0.25, -0.2) is 4.98 Å². The molecule has 0 aliphatic heterocycles. The van der Waals surface area contributed by atoms with Crippen molar-refractivity contribution in [3.05, 3.63) is 23.0 Å². The minimum absolute atomic E-state index is 0.0933. The zero-order valence-electron chi connectivity index (χ0n) is 12.2. The molecule has 0 radical (unpaired) electrons. The molecule has 0 saturated heterocycles. The van der Waals surface area contributed by atoms with Crippen molar-refractivity contribution in [2.24, 2.45) is 0 Å². The summed E-state index contributed by atoms with van der Waals surface area (Å²) < 4.78 is 0. The lowest BCUT2D eigenvalue weighted by atomic mass is 9.75. The van der Waals surface area contributed by atoms with Crippen LogP contribution < -0.4 is 5.73 Å². The standard InChI is InChI=1S/C14H21ClN4O/c1-18(2)14(5-4-6-14)9-19(3)13(20)10-7-12(15)17-8-11(10)16/h7-8H,4-6,9,16H2,1-3H3. The van der Waals surface area contributed by atoms with Crippen LogP contribution in [0.3, 0.4) is 0 Å². The number of likely N-dealkylation sites (N-methyl/N-ethyl adjacent to an activating group) is 2. The van der Waals surface area contributed by atoms with Gasteiger partial charge in [-0.2, -0.15) is 0 Å². The maximum absolute atomic E-state index is 12.5. The van der Waals surface area contributed by atoms with Crippen molar-refractivity contribution in [3.63, 3.8) is 0 Å². The van der Waals surface area contributed by atoms with Crippen molar-refractivity contribution in [3.8, 4) is 0 Å². The molecule has 6 heteroatoms. The summed E-state index contributed by atoms with van der Waals surface area (Å²) in [6.45, 7) is 0.693. The molecular formula is C14H21ClN4O. The molecule has 1 aliphatic carbocycles. The van der Waals surface area contributed by atoms with Crippen LogP contribution in [0.1, 0.15) is 29.6 Å². The number of carbonyl (C=O) groups is 1. The molecule has 2 N–H and O–H groups in total. The van der Waals surface area contributed by atoms with Gasteiger partial charge in [0.1, 0.15) is 5.15 Å².